The van der Waals surface area contributed by atoms with Crippen LogP contribution in [0.5, 0.6) is 0 Å². The number of hydrogen-bond acceptors (Lipinski definition) is 2. The molecule has 0 saturated carbocycles. The van der Waals surface area contributed by atoms with Gasteiger partial charge in [-0.2, -0.15) is 0 Å². The molecule has 0 amide bonds. The van der Waals surface area contributed by atoms with Crippen molar-refractivity contribution >= 4 is 11.6 Å². The fourth-order valence-electron chi connectivity index (χ4n) is 3.08. The Morgan fingerprint density at radius 1 is 1.00 bits per heavy atom. The molecule has 1 unspecified atom stereocenters. The van der Waals surface area contributed by atoms with Crippen molar-refractivity contribution in [1.82, 2.24) is 10.2 Å². The Balaban J connectivity index is 1.84. The highest BCUT2D eigenvalue weighted by Gasteiger charge is 2.22. The third-order valence-electron chi connectivity index (χ3n) is 4.40. The molecule has 1 fully saturated rings. The van der Waals surface area contributed by atoms with E-state index in [1.165, 1.54) is 16.7 Å². The summed E-state index contributed by atoms with van der Waals surface area (Å²) in [7, 11) is 0. The van der Waals surface area contributed by atoms with Gasteiger partial charge in [0.05, 0.1) is 0 Å². The van der Waals surface area contributed by atoms with E-state index in [9.17, 15) is 0 Å². The number of benzene rings is 2. The maximum Gasteiger partial charge on any atom is 0.0406 e. The maximum absolute atomic E-state index is 6.01. The van der Waals surface area contributed by atoms with E-state index in [4.69, 9.17) is 11.6 Å². The van der Waals surface area contributed by atoms with Crippen molar-refractivity contribution < 1.29 is 0 Å². The van der Waals surface area contributed by atoms with Gasteiger partial charge in [0.25, 0.3) is 0 Å². The zero-order valence-electron chi connectivity index (χ0n) is 13.1. The van der Waals surface area contributed by atoms with Gasteiger partial charge in [0.15, 0.2) is 0 Å². The lowest BCUT2D eigenvalue weighted by Gasteiger charge is -2.35. The van der Waals surface area contributed by atoms with Crippen molar-refractivity contribution in [3.63, 3.8) is 0 Å². The zero-order chi connectivity index (χ0) is 15.4. The molecule has 2 nitrogen and oxygen atoms in total. The summed E-state index contributed by atoms with van der Waals surface area (Å²) in [5, 5.41) is 4.25. The molecule has 1 saturated heterocycles. The van der Waals surface area contributed by atoms with Gasteiger partial charge in [0, 0.05) is 37.2 Å². The van der Waals surface area contributed by atoms with E-state index in [1.807, 2.05) is 12.1 Å². The van der Waals surface area contributed by atoms with Gasteiger partial charge in [-0.05, 0) is 36.6 Å². The highest BCUT2D eigenvalue weighted by Crippen LogP contribution is 2.26. The molecule has 0 radical (unpaired) electrons. The third kappa shape index (κ3) is 3.89. The minimum atomic E-state index is 0.434. The Bertz CT molecular complexity index is 586. The van der Waals surface area contributed by atoms with Crippen LogP contribution >= 0.6 is 11.6 Å². The fourth-order valence-corrected chi connectivity index (χ4v) is 3.21. The molecule has 116 valence electrons. The van der Waals surface area contributed by atoms with Crippen LogP contribution in [0.15, 0.2) is 48.5 Å². The van der Waals surface area contributed by atoms with Gasteiger partial charge in [-0.25, -0.2) is 0 Å². The Hall–Kier alpha value is -1.35. The van der Waals surface area contributed by atoms with Crippen molar-refractivity contribution in [2.45, 2.75) is 19.4 Å². The first-order chi connectivity index (χ1) is 10.7. The van der Waals surface area contributed by atoms with Crippen molar-refractivity contribution in [3.05, 3.63) is 70.2 Å². The molecule has 1 N–H and O–H groups in total. The Morgan fingerprint density at radius 2 is 1.64 bits per heavy atom. The van der Waals surface area contributed by atoms with Crippen LogP contribution in [0.4, 0.5) is 0 Å². The van der Waals surface area contributed by atoms with E-state index >= 15 is 0 Å². The first kappa shape index (κ1) is 15.5. The van der Waals surface area contributed by atoms with E-state index in [1.54, 1.807) is 0 Å². The molecule has 1 aliphatic rings. The van der Waals surface area contributed by atoms with Crippen molar-refractivity contribution in [2.75, 3.05) is 26.2 Å². The van der Waals surface area contributed by atoms with E-state index in [0.717, 1.165) is 37.6 Å². The topological polar surface area (TPSA) is 15.3 Å². The van der Waals surface area contributed by atoms with Gasteiger partial charge >= 0.3 is 0 Å². The molecule has 1 aliphatic heterocycles. The average molecular weight is 315 g/mol. The van der Waals surface area contributed by atoms with E-state index in [-0.39, 0.29) is 0 Å². The molecule has 2 aromatic carbocycles. The molecule has 22 heavy (non-hydrogen) atoms. The second kappa shape index (κ2) is 7.28. The van der Waals surface area contributed by atoms with Crippen LogP contribution in [0.3, 0.4) is 0 Å². The summed E-state index contributed by atoms with van der Waals surface area (Å²) in [5.74, 6) is 0. The van der Waals surface area contributed by atoms with Gasteiger partial charge in [-0.3, -0.25) is 4.90 Å². The minimum Gasteiger partial charge on any atom is -0.314 e. The number of hydrogen-bond donors (Lipinski definition) is 1. The normalized spacial score (nSPS) is 17.4. The van der Waals surface area contributed by atoms with E-state index in [2.05, 4.69) is 53.5 Å². The first-order valence-electron chi connectivity index (χ1n) is 7.98. The highest BCUT2D eigenvalue weighted by atomic mass is 35.5. The Labute approximate surface area is 138 Å². The second-order valence-corrected chi connectivity index (χ2v) is 6.48. The molecule has 1 heterocycles. The van der Waals surface area contributed by atoms with Crippen LogP contribution in [0, 0.1) is 6.92 Å². The molecule has 3 rings (SSSR count). The third-order valence-corrected chi connectivity index (χ3v) is 4.65. The summed E-state index contributed by atoms with van der Waals surface area (Å²) >= 11 is 6.01. The lowest BCUT2D eigenvalue weighted by molar-refractivity contribution is 0.172. The second-order valence-electron chi connectivity index (χ2n) is 6.04. The predicted molar refractivity (Wildman–Crippen MR) is 93.5 cm³/mol. The van der Waals surface area contributed by atoms with E-state index in [0.29, 0.717) is 6.04 Å². The molecular weight excluding hydrogens is 292 g/mol. The van der Waals surface area contributed by atoms with Gasteiger partial charge in [-0.15, -0.1) is 0 Å². The lowest BCUT2D eigenvalue weighted by Crippen LogP contribution is -2.45. The molecule has 0 aliphatic carbocycles. The van der Waals surface area contributed by atoms with Gasteiger partial charge < -0.3 is 5.32 Å². The average Bonchev–Trinajstić information content (AvgIpc) is 2.56. The molecular formula is C19H23ClN2. The number of aryl methyl sites for hydroxylation is 1. The molecule has 0 aromatic heterocycles. The van der Waals surface area contributed by atoms with Crippen molar-refractivity contribution in [1.29, 1.82) is 0 Å². The van der Waals surface area contributed by atoms with Crippen LogP contribution < -0.4 is 5.32 Å². The number of halogens is 1. The first-order valence-corrected chi connectivity index (χ1v) is 8.36. The lowest BCUT2D eigenvalue weighted by atomic mass is 9.96. The van der Waals surface area contributed by atoms with Crippen LogP contribution in [0.2, 0.25) is 5.02 Å². The van der Waals surface area contributed by atoms with Crippen LogP contribution in [-0.2, 0) is 6.42 Å². The molecule has 0 spiro atoms. The zero-order valence-corrected chi connectivity index (χ0v) is 13.8. The summed E-state index contributed by atoms with van der Waals surface area (Å²) in [6.45, 7) is 6.49. The van der Waals surface area contributed by atoms with Crippen LogP contribution in [0.1, 0.15) is 22.7 Å². The highest BCUT2D eigenvalue weighted by molar-refractivity contribution is 6.30. The number of rotatable bonds is 4. The monoisotopic (exact) mass is 314 g/mol. The van der Waals surface area contributed by atoms with E-state index < -0.39 is 0 Å². The van der Waals surface area contributed by atoms with Crippen LogP contribution in [0.25, 0.3) is 0 Å². The van der Waals surface area contributed by atoms with Gasteiger partial charge in [-0.1, -0.05) is 53.6 Å². The summed E-state index contributed by atoms with van der Waals surface area (Å²) in [6.07, 6.45) is 1.03. The predicted octanol–water partition coefficient (Wildman–Crippen LogP) is 3.84. The van der Waals surface area contributed by atoms with Gasteiger partial charge in [0.1, 0.15) is 0 Å². The maximum atomic E-state index is 6.01. The van der Waals surface area contributed by atoms with Crippen LogP contribution in [-0.4, -0.2) is 31.1 Å². The quantitative estimate of drug-likeness (QED) is 0.922. The molecule has 1 atom stereocenters. The minimum absolute atomic E-state index is 0.434. The summed E-state index contributed by atoms with van der Waals surface area (Å²) in [5.41, 5.74) is 4.06. The SMILES string of the molecule is Cc1ccc(C(Cc2ccc(Cl)cc2)N2CCNCC2)cc1. The summed E-state index contributed by atoms with van der Waals surface area (Å²) in [4.78, 5) is 2.59. The van der Waals surface area contributed by atoms with Crippen molar-refractivity contribution in [3.8, 4) is 0 Å². The number of nitrogens with one attached hydrogen (secondary N) is 1. The molecule has 2 aromatic rings. The smallest absolute Gasteiger partial charge is 0.0406 e. The standard InChI is InChI=1S/C19H23ClN2/c1-15-2-6-17(7-3-15)19(22-12-10-21-11-13-22)14-16-4-8-18(20)9-5-16/h2-9,19,21H,10-14H2,1H3. The Morgan fingerprint density at radius 3 is 2.27 bits per heavy atom. The fraction of sp³-hybridized carbons (Fsp3) is 0.368. The van der Waals surface area contributed by atoms with Gasteiger partial charge in [0.2, 0.25) is 0 Å². The molecule has 3 heteroatoms. The summed E-state index contributed by atoms with van der Waals surface area (Å²) < 4.78 is 0. The largest absolute Gasteiger partial charge is 0.314 e. The number of piperazine rings is 1. The molecule has 0 bridgehead atoms. The van der Waals surface area contributed by atoms with Crippen molar-refractivity contribution in [2.24, 2.45) is 0 Å². The number of nitrogens with zero attached hydrogens (tertiary/aromatic N) is 1. The Kier molecular flexibility index (Phi) is 5.14. The summed E-state index contributed by atoms with van der Waals surface area (Å²) in [6, 6.07) is 17.7.